The highest BCUT2D eigenvalue weighted by atomic mass is 35.5. The second-order valence-corrected chi connectivity index (χ2v) is 6.64. The molecule has 6 nitrogen and oxygen atoms in total. The van der Waals surface area contributed by atoms with Crippen molar-refractivity contribution in [1.29, 1.82) is 0 Å². The number of rotatable bonds is 6. The van der Waals surface area contributed by atoms with Crippen LogP contribution in [0, 0.1) is 0 Å². The van der Waals surface area contributed by atoms with E-state index in [4.69, 9.17) is 21.1 Å². The summed E-state index contributed by atoms with van der Waals surface area (Å²) in [6.45, 7) is -0.430. The lowest BCUT2D eigenvalue weighted by Gasteiger charge is -2.08. The summed E-state index contributed by atoms with van der Waals surface area (Å²) < 4.78 is 10.1. The van der Waals surface area contributed by atoms with Crippen LogP contribution in [0.3, 0.4) is 0 Å². The minimum atomic E-state index is -0.656. The Hall–Kier alpha value is -2.90. The molecule has 0 saturated heterocycles. The van der Waals surface area contributed by atoms with Gasteiger partial charge in [-0.1, -0.05) is 41.9 Å². The SMILES string of the molecule is COc1ccc(NC(=O)COC(=O)c2csc(-c3ccccc3)n2)cc1Cl. The first-order chi connectivity index (χ1) is 13.1. The fourth-order valence-corrected chi connectivity index (χ4v) is 3.28. The minimum absolute atomic E-state index is 0.166. The number of methoxy groups -OCH3 is 1. The predicted molar refractivity (Wildman–Crippen MR) is 104 cm³/mol. The first-order valence-electron chi connectivity index (χ1n) is 7.88. The van der Waals surface area contributed by atoms with Crippen molar-refractivity contribution in [3.8, 4) is 16.3 Å². The highest BCUT2D eigenvalue weighted by Crippen LogP contribution is 2.27. The molecule has 0 unspecified atom stereocenters. The van der Waals surface area contributed by atoms with Crippen LogP contribution in [-0.2, 0) is 9.53 Å². The molecule has 0 saturated carbocycles. The van der Waals surface area contributed by atoms with Crippen molar-refractivity contribution in [2.45, 2.75) is 0 Å². The molecule has 3 rings (SSSR count). The van der Waals surface area contributed by atoms with Crippen molar-refractivity contribution in [2.75, 3.05) is 19.0 Å². The summed E-state index contributed by atoms with van der Waals surface area (Å²) in [5.74, 6) is -0.640. The second kappa shape index (κ2) is 8.66. The highest BCUT2D eigenvalue weighted by Gasteiger charge is 2.15. The van der Waals surface area contributed by atoms with Gasteiger partial charge in [-0.2, -0.15) is 0 Å². The maximum Gasteiger partial charge on any atom is 0.358 e. The molecule has 1 heterocycles. The van der Waals surface area contributed by atoms with Crippen molar-refractivity contribution in [3.05, 3.63) is 64.6 Å². The van der Waals surface area contributed by atoms with Crippen molar-refractivity contribution in [1.82, 2.24) is 4.98 Å². The van der Waals surface area contributed by atoms with Crippen LogP contribution in [0.5, 0.6) is 5.75 Å². The standard InChI is InChI=1S/C19H15ClN2O4S/c1-25-16-8-7-13(9-14(16)20)21-17(23)10-26-19(24)15-11-27-18(22-15)12-5-3-2-4-6-12/h2-9,11H,10H2,1H3,(H,21,23). The van der Waals surface area contributed by atoms with Crippen molar-refractivity contribution in [2.24, 2.45) is 0 Å². The number of ether oxygens (including phenoxy) is 2. The molecule has 0 aliphatic heterocycles. The van der Waals surface area contributed by atoms with Crippen LogP contribution in [-0.4, -0.2) is 30.6 Å². The van der Waals surface area contributed by atoms with Gasteiger partial charge >= 0.3 is 5.97 Å². The maximum absolute atomic E-state index is 12.1. The largest absolute Gasteiger partial charge is 0.495 e. The topological polar surface area (TPSA) is 77.5 Å². The molecule has 1 N–H and O–H groups in total. The Bertz CT molecular complexity index is 959. The van der Waals surface area contributed by atoms with Crippen LogP contribution < -0.4 is 10.1 Å². The number of amides is 1. The highest BCUT2D eigenvalue weighted by molar-refractivity contribution is 7.13. The van der Waals surface area contributed by atoms with E-state index in [0.29, 0.717) is 21.5 Å². The lowest BCUT2D eigenvalue weighted by atomic mass is 10.2. The van der Waals surface area contributed by atoms with Gasteiger partial charge < -0.3 is 14.8 Å². The van der Waals surface area contributed by atoms with E-state index in [9.17, 15) is 9.59 Å². The van der Waals surface area contributed by atoms with Gasteiger partial charge in [-0.3, -0.25) is 4.79 Å². The molecule has 0 spiro atoms. The molecule has 1 aromatic heterocycles. The quantitative estimate of drug-likeness (QED) is 0.623. The fraction of sp³-hybridized carbons (Fsp3) is 0.105. The monoisotopic (exact) mass is 402 g/mol. The zero-order chi connectivity index (χ0) is 19.2. The molecule has 0 bridgehead atoms. The molecular formula is C19H15ClN2O4S. The van der Waals surface area contributed by atoms with Crippen LogP contribution in [0.2, 0.25) is 5.02 Å². The van der Waals surface area contributed by atoms with Gasteiger partial charge in [0, 0.05) is 16.6 Å². The summed E-state index contributed by atoms with van der Waals surface area (Å²) in [6.07, 6.45) is 0. The Morgan fingerprint density at radius 2 is 1.96 bits per heavy atom. The molecule has 0 aliphatic carbocycles. The van der Waals surface area contributed by atoms with E-state index >= 15 is 0 Å². The van der Waals surface area contributed by atoms with Gasteiger partial charge in [0.25, 0.3) is 5.91 Å². The number of benzene rings is 2. The molecule has 138 valence electrons. The summed E-state index contributed by atoms with van der Waals surface area (Å²) in [4.78, 5) is 28.3. The number of carbonyl (C=O) groups is 2. The van der Waals surface area contributed by atoms with Crippen LogP contribution in [0.4, 0.5) is 5.69 Å². The molecule has 27 heavy (non-hydrogen) atoms. The first-order valence-corrected chi connectivity index (χ1v) is 9.14. The van der Waals surface area contributed by atoms with Crippen molar-refractivity contribution >= 4 is 40.5 Å². The summed E-state index contributed by atoms with van der Waals surface area (Å²) in [5.41, 5.74) is 1.55. The van der Waals surface area contributed by atoms with E-state index in [1.807, 2.05) is 30.3 Å². The number of nitrogens with one attached hydrogen (secondary N) is 1. The van der Waals surface area contributed by atoms with Gasteiger partial charge in [-0.15, -0.1) is 11.3 Å². The maximum atomic E-state index is 12.1. The molecule has 0 radical (unpaired) electrons. The first kappa shape index (κ1) is 18.9. The van der Waals surface area contributed by atoms with Gasteiger partial charge in [-0.25, -0.2) is 9.78 Å². The van der Waals surface area contributed by atoms with E-state index in [0.717, 1.165) is 5.56 Å². The zero-order valence-corrected chi connectivity index (χ0v) is 15.8. The number of esters is 1. The summed E-state index contributed by atoms with van der Waals surface area (Å²) in [7, 11) is 1.50. The van der Waals surface area contributed by atoms with Crippen LogP contribution in [0.25, 0.3) is 10.6 Å². The molecule has 0 fully saturated rings. The Morgan fingerprint density at radius 3 is 2.67 bits per heavy atom. The van der Waals surface area contributed by atoms with E-state index < -0.39 is 18.5 Å². The molecule has 8 heteroatoms. The Morgan fingerprint density at radius 1 is 1.19 bits per heavy atom. The number of halogens is 1. The number of aromatic nitrogens is 1. The predicted octanol–water partition coefficient (Wildman–Crippen LogP) is 4.27. The number of anilines is 1. The molecule has 3 aromatic rings. The normalized spacial score (nSPS) is 10.3. The van der Waals surface area contributed by atoms with Gasteiger partial charge in [0.05, 0.1) is 12.1 Å². The average Bonchev–Trinajstić information content (AvgIpc) is 3.17. The zero-order valence-electron chi connectivity index (χ0n) is 14.3. The third-order valence-electron chi connectivity index (χ3n) is 3.50. The molecule has 0 aliphatic rings. The number of carbonyl (C=O) groups excluding carboxylic acids is 2. The molecular weight excluding hydrogens is 388 g/mol. The Labute approximate surface area is 164 Å². The lowest BCUT2D eigenvalue weighted by Crippen LogP contribution is -2.21. The van der Waals surface area contributed by atoms with Gasteiger partial charge in [0.2, 0.25) is 0 Å². The lowest BCUT2D eigenvalue weighted by molar-refractivity contribution is -0.119. The van der Waals surface area contributed by atoms with E-state index in [1.54, 1.807) is 23.6 Å². The van der Waals surface area contributed by atoms with Gasteiger partial charge in [-0.05, 0) is 18.2 Å². The Balaban J connectivity index is 1.55. The third kappa shape index (κ3) is 4.84. The van der Waals surface area contributed by atoms with Crippen LogP contribution >= 0.6 is 22.9 Å². The van der Waals surface area contributed by atoms with E-state index in [1.165, 1.54) is 18.4 Å². The fourth-order valence-electron chi connectivity index (χ4n) is 2.23. The number of hydrogen-bond donors (Lipinski definition) is 1. The van der Waals surface area contributed by atoms with E-state index in [2.05, 4.69) is 10.3 Å². The van der Waals surface area contributed by atoms with Crippen molar-refractivity contribution < 1.29 is 19.1 Å². The Kier molecular flexibility index (Phi) is 6.05. The van der Waals surface area contributed by atoms with Crippen molar-refractivity contribution in [3.63, 3.8) is 0 Å². The van der Waals surface area contributed by atoms with Gasteiger partial charge in [0.15, 0.2) is 12.3 Å². The summed E-state index contributed by atoms with van der Waals surface area (Å²) in [5, 5.41) is 5.27. The van der Waals surface area contributed by atoms with E-state index in [-0.39, 0.29) is 5.69 Å². The van der Waals surface area contributed by atoms with Crippen LogP contribution in [0.1, 0.15) is 10.5 Å². The number of thiazole rings is 1. The molecule has 2 aromatic carbocycles. The number of nitrogens with zero attached hydrogens (tertiary/aromatic N) is 1. The summed E-state index contributed by atoms with van der Waals surface area (Å²) >= 11 is 7.34. The van der Waals surface area contributed by atoms with Crippen LogP contribution in [0.15, 0.2) is 53.9 Å². The smallest absolute Gasteiger partial charge is 0.358 e. The molecule has 0 atom stereocenters. The average molecular weight is 403 g/mol. The molecule has 1 amide bonds. The third-order valence-corrected chi connectivity index (χ3v) is 4.69. The van der Waals surface area contributed by atoms with Gasteiger partial charge in [0.1, 0.15) is 10.8 Å². The minimum Gasteiger partial charge on any atom is -0.495 e. The second-order valence-electron chi connectivity index (χ2n) is 5.38. The number of hydrogen-bond acceptors (Lipinski definition) is 6. The summed E-state index contributed by atoms with van der Waals surface area (Å²) in [6, 6.07) is 14.3.